The first-order valence-electron chi connectivity index (χ1n) is 6.87. The molecule has 1 heterocycles. The Labute approximate surface area is 114 Å². The van der Waals surface area contributed by atoms with Crippen LogP contribution in [0.5, 0.6) is 0 Å². The third-order valence-corrected chi connectivity index (χ3v) is 5.20. The Kier molecular flexibility index (Phi) is 5.18. The Morgan fingerprint density at radius 3 is 2.89 bits per heavy atom. The number of rotatable bonds is 4. The number of thioether (sulfide) groups is 1. The normalized spacial score (nSPS) is 31.6. The third-order valence-electron chi connectivity index (χ3n) is 4.04. The number of hydrogen-bond acceptors (Lipinski definition) is 3. The molecule has 2 aliphatic rings. The molecule has 18 heavy (non-hydrogen) atoms. The van der Waals surface area contributed by atoms with Gasteiger partial charge in [0.05, 0.1) is 6.10 Å². The molecule has 0 bridgehead atoms. The maximum absolute atomic E-state index is 12.1. The number of urea groups is 1. The van der Waals surface area contributed by atoms with Crippen LogP contribution in [0.3, 0.4) is 0 Å². The summed E-state index contributed by atoms with van der Waals surface area (Å²) in [6.07, 6.45) is 8.15. The molecular formula is C13H24N2O2S. The molecule has 1 N–H and O–H groups in total. The van der Waals surface area contributed by atoms with Crippen LogP contribution in [0, 0.1) is 0 Å². The summed E-state index contributed by atoms with van der Waals surface area (Å²) in [5.41, 5.74) is 0. The van der Waals surface area contributed by atoms with E-state index in [1.165, 1.54) is 12.8 Å². The minimum atomic E-state index is 0.0523. The summed E-state index contributed by atoms with van der Waals surface area (Å²) in [6.45, 7) is 1.49. The number of carbonyl (C=O) groups excluding carboxylic acids is 1. The van der Waals surface area contributed by atoms with E-state index in [9.17, 15) is 4.79 Å². The van der Waals surface area contributed by atoms with Crippen LogP contribution in [-0.4, -0.2) is 54.8 Å². The molecule has 1 saturated heterocycles. The van der Waals surface area contributed by atoms with E-state index in [0.717, 1.165) is 25.9 Å². The fraction of sp³-hybridized carbons (Fsp3) is 0.923. The molecule has 0 spiro atoms. The van der Waals surface area contributed by atoms with Gasteiger partial charge in [-0.15, -0.1) is 0 Å². The molecule has 0 aromatic carbocycles. The topological polar surface area (TPSA) is 41.6 Å². The van der Waals surface area contributed by atoms with Gasteiger partial charge in [-0.3, -0.25) is 0 Å². The molecule has 1 aliphatic heterocycles. The summed E-state index contributed by atoms with van der Waals surface area (Å²) in [4.78, 5) is 14.0. The maximum Gasteiger partial charge on any atom is 0.317 e. The van der Waals surface area contributed by atoms with Crippen molar-refractivity contribution in [3.63, 3.8) is 0 Å². The highest BCUT2D eigenvalue weighted by molar-refractivity contribution is 7.99. The maximum atomic E-state index is 12.1. The van der Waals surface area contributed by atoms with Crippen molar-refractivity contribution >= 4 is 17.8 Å². The average molecular weight is 272 g/mol. The Balaban J connectivity index is 1.76. The lowest BCUT2D eigenvalue weighted by Gasteiger charge is -2.29. The molecule has 1 saturated carbocycles. The second-order valence-corrected chi connectivity index (χ2v) is 6.28. The minimum Gasteiger partial charge on any atom is -0.376 e. The van der Waals surface area contributed by atoms with Crippen LogP contribution >= 0.6 is 11.8 Å². The van der Waals surface area contributed by atoms with Crippen LogP contribution in [0.1, 0.15) is 32.1 Å². The van der Waals surface area contributed by atoms with Crippen LogP contribution in [0.2, 0.25) is 0 Å². The first kappa shape index (κ1) is 14.0. The molecule has 4 nitrogen and oxygen atoms in total. The number of carbonyl (C=O) groups is 1. The zero-order valence-corrected chi connectivity index (χ0v) is 12.2. The van der Waals surface area contributed by atoms with Crippen molar-refractivity contribution in [3.05, 3.63) is 0 Å². The number of nitrogens with zero attached hydrogens (tertiary/aromatic N) is 1. The summed E-state index contributed by atoms with van der Waals surface area (Å²) < 4.78 is 5.51. The van der Waals surface area contributed by atoms with Gasteiger partial charge in [0, 0.05) is 31.5 Å². The third kappa shape index (κ3) is 3.32. The van der Waals surface area contributed by atoms with E-state index >= 15 is 0 Å². The van der Waals surface area contributed by atoms with Crippen LogP contribution in [0.15, 0.2) is 0 Å². The van der Waals surface area contributed by atoms with E-state index in [-0.39, 0.29) is 12.1 Å². The van der Waals surface area contributed by atoms with Gasteiger partial charge in [0.15, 0.2) is 0 Å². The molecule has 3 unspecified atom stereocenters. The predicted molar refractivity (Wildman–Crippen MR) is 75.1 cm³/mol. The smallest absolute Gasteiger partial charge is 0.317 e. The van der Waals surface area contributed by atoms with Gasteiger partial charge in [-0.2, -0.15) is 11.8 Å². The van der Waals surface area contributed by atoms with Crippen molar-refractivity contribution in [3.8, 4) is 0 Å². The van der Waals surface area contributed by atoms with E-state index < -0.39 is 0 Å². The van der Waals surface area contributed by atoms with Gasteiger partial charge < -0.3 is 15.0 Å². The summed E-state index contributed by atoms with van der Waals surface area (Å²) in [6, 6.07) is 0.445. The van der Waals surface area contributed by atoms with Crippen LogP contribution in [-0.2, 0) is 4.74 Å². The van der Waals surface area contributed by atoms with Crippen LogP contribution in [0.4, 0.5) is 4.79 Å². The molecule has 5 heteroatoms. The molecular weight excluding hydrogens is 248 g/mol. The number of ether oxygens (including phenoxy) is 1. The second kappa shape index (κ2) is 6.66. The van der Waals surface area contributed by atoms with E-state index in [0.29, 0.717) is 17.8 Å². The van der Waals surface area contributed by atoms with Crippen molar-refractivity contribution in [1.29, 1.82) is 0 Å². The molecule has 3 atom stereocenters. The number of hydrogen-bond donors (Lipinski definition) is 1. The lowest BCUT2D eigenvalue weighted by molar-refractivity contribution is 0.108. The van der Waals surface area contributed by atoms with Gasteiger partial charge in [0.1, 0.15) is 0 Å². The molecule has 2 amide bonds. The van der Waals surface area contributed by atoms with Crippen molar-refractivity contribution in [2.45, 2.75) is 49.5 Å². The predicted octanol–water partition coefficient (Wildman–Crippen LogP) is 2.09. The van der Waals surface area contributed by atoms with Crippen LogP contribution < -0.4 is 5.32 Å². The van der Waals surface area contributed by atoms with Gasteiger partial charge in [-0.25, -0.2) is 4.79 Å². The molecule has 104 valence electrons. The molecule has 0 aromatic rings. The van der Waals surface area contributed by atoms with Gasteiger partial charge in [0.2, 0.25) is 0 Å². The van der Waals surface area contributed by atoms with E-state index in [1.54, 1.807) is 0 Å². The average Bonchev–Trinajstić information content (AvgIpc) is 3.05. The lowest BCUT2D eigenvalue weighted by atomic mass is 10.2. The highest BCUT2D eigenvalue weighted by Gasteiger charge is 2.32. The van der Waals surface area contributed by atoms with E-state index in [2.05, 4.69) is 11.6 Å². The van der Waals surface area contributed by atoms with E-state index in [4.69, 9.17) is 4.74 Å². The Bertz CT molecular complexity index is 282. The minimum absolute atomic E-state index is 0.0523. The number of nitrogens with one attached hydrogen (secondary N) is 1. The zero-order valence-electron chi connectivity index (χ0n) is 11.4. The summed E-state index contributed by atoms with van der Waals surface area (Å²) in [5.74, 6) is 0. The molecule has 1 aliphatic carbocycles. The fourth-order valence-electron chi connectivity index (χ4n) is 2.91. The lowest BCUT2D eigenvalue weighted by Crippen LogP contribution is -2.47. The Hall–Kier alpha value is -0.420. The summed E-state index contributed by atoms with van der Waals surface area (Å²) in [5, 5.41) is 3.60. The van der Waals surface area contributed by atoms with Crippen molar-refractivity contribution < 1.29 is 9.53 Å². The quantitative estimate of drug-likeness (QED) is 0.852. The fourth-order valence-corrected chi connectivity index (χ4v) is 3.94. The Morgan fingerprint density at radius 1 is 1.39 bits per heavy atom. The van der Waals surface area contributed by atoms with Gasteiger partial charge in [0.25, 0.3) is 0 Å². The first-order valence-corrected chi connectivity index (χ1v) is 8.16. The van der Waals surface area contributed by atoms with Gasteiger partial charge in [-0.1, -0.05) is 6.42 Å². The van der Waals surface area contributed by atoms with Crippen molar-refractivity contribution in [2.24, 2.45) is 0 Å². The standard InChI is InChI=1S/C13H24N2O2S/c1-15(11-6-3-7-12(11)18-2)13(16)14-9-10-5-4-8-17-10/h10-12H,3-9H2,1-2H3,(H,14,16). The SMILES string of the molecule is CSC1CCCC1N(C)C(=O)NCC1CCCO1. The molecule has 2 rings (SSSR count). The molecule has 2 fully saturated rings. The molecule has 0 aromatic heterocycles. The van der Waals surface area contributed by atoms with Crippen molar-refractivity contribution in [1.82, 2.24) is 10.2 Å². The number of amides is 2. The van der Waals surface area contributed by atoms with Gasteiger partial charge in [-0.05, 0) is 31.9 Å². The Morgan fingerprint density at radius 2 is 2.22 bits per heavy atom. The summed E-state index contributed by atoms with van der Waals surface area (Å²) >= 11 is 1.88. The monoisotopic (exact) mass is 272 g/mol. The summed E-state index contributed by atoms with van der Waals surface area (Å²) in [7, 11) is 1.92. The first-order chi connectivity index (χ1) is 8.72. The zero-order chi connectivity index (χ0) is 13.0. The second-order valence-electron chi connectivity index (χ2n) is 5.20. The van der Waals surface area contributed by atoms with Crippen LogP contribution in [0.25, 0.3) is 0 Å². The highest BCUT2D eigenvalue weighted by Crippen LogP contribution is 2.31. The van der Waals surface area contributed by atoms with Gasteiger partial charge >= 0.3 is 6.03 Å². The van der Waals surface area contributed by atoms with Crippen molar-refractivity contribution in [2.75, 3.05) is 26.5 Å². The largest absolute Gasteiger partial charge is 0.376 e. The highest BCUT2D eigenvalue weighted by atomic mass is 32.2. The molecule has 0 radical (unpaired) electrons. The van der Waals surface area contributed by atoms with E-state index in [1.807, 2.05) is 23.7 Å².